The molecule has 0 fully saturated rings. The molecule has 0 saturated heterocycles. The molecule has 0 N–H and O–H groups in total. The van der Waals surface area contributed by atoms with Crippen molar-refractivity contribution in [1.29, 1.82) is 0 Å². The summed E-state index contributed by atoms with van der Waals surface area (Å²) in [6.07, 6.45) is 13.2. The van der Waals surface area contributed by atoms with Crippen LogP contribution in [0, 0.1) is 0 Å². The molecule has 7 nitrogen and oxygen atoms in total. The molecule has 0 aromatic heterocycles. The SMILES string of the molecule is CCCCCCOc1cc(OCCCCCC)c(PC(=O)c2c(OC)cc(OC)cc2OC)c(OCCCCCC)c1.[H-].[Li+]. The molecule has 1 atom stereocenters. The van der Waals surface area contributed by atoms with Gasteiger partial charge in [-0.2, -0.15) is 0 Å². The van der Waals surface area contributed by atoms with Crippen molar-refractivity contribution in [3.05, 3.63) is 29.8 Å². The molecule has 0 aliphatic heterocycles. The minimum atomic E-state index is -0.273. The molecule has 0 heterocycles. The molecule has 238 valence electrons. The van der Waals surface area contributed by atoms with Gasteiger partial charge < -0.3 is 29.8 Å². The van der Waals surface area contributed by atoms with Crippen LogP contribution in [0.2, 0.25) is 0 Å². The number of methoxy groups -OCH3 is 3. The second-order valence-electron chi connectivity index (χ2n) is 10.4. The molecule has 2 aromatic carbocycles. The van der Waals surface area contributed by atoms with Gasteiger partial charge in [-0.05, 0) is 27.8 Å². The third-order valence-electron chi connectivity index (χ3n) is 7.00. The van der Waals surface area contributed by atoms with E-state index in [0.717, 1.165) is 56.7 Å². The number of carbonyl (C=O) groups excluding carboxylic acids is 1. The van der Waals surface area contributed by atoms with Gasteiger partial charge in [0.2, 0.25) is 0 Å². The van der Waals surface area contributed by atoms with Crippen LogP contribution in [-0.4, -0.2) is 46.7 Å². The van der Waals surface area contributed by atoms with Gasteiger partial charge in [0.05, 0.1) is 46.5 Å². The van der Waals surface area contributed by atoms with Crippen LogP contribution in [0.15, 0.2) is 24.3 Å². The third kappa shape index (κ3) is 13.6. The number of hydrogen-bond donors (Lipinski definition) is 0. The Labute approximate surface area is 275 Å². The standard InChI is InChI=1S/C34H53O7P.Li.H/c1-7-10-13-16-19-39-27-24-30(40-20-17-14-11-8-2)33(31(25-27)41-21-18-15-12-9-3)42-34(35)32-28(37-5)22-26(36-4)23-29(32)38-6;;/h22-25,42H,7-21H2,1-6H3;;/q;+1;-1. The van der Waals surface area contributed by atoms with E-state index in [1.165, 1.54) is 39.9 Å². The number of hydrogen-bond acceptors (Lipinski definition) is 7. The first kappa shape index (κ1) is 39.0. The summed E-state index contributed by atoms with van der Waals surface area (Å²) in [6.45, 7) is 8.35. The summed E-state index contributed by atoms with van der Waals surface area (Å²) in [4.78, 5) is 13.9. The summed E-state index contributed by atoms with van der Waals surface area (Å²) < 4.78 is 35.4. The molecular weight excluding hydrogens is 558 g/mol. The van der Waals surface area contributed by atoms with E-state index in [1.807, 2.05) is 12.1 Å². The fraction of sp³-hybridized carbons (Fsp3) is 0.618. The number of carbonyl (C=O) groups is 1. The summed E-state index contributed by atoms with van der Waals surface area (Å²) in [5.41, 5.74) is 0.240. The molecule has 0 radical (unpaired) electrons. The van der Waals surface area contributed by atoms with E-state index in [0.29, 0.717) is 59.9 Å². The van der Waals surface area contributed by atoms with Crippen molar-refractivity contribution in [3.8, 4) is 34.5 Å². The minimum Gasteiger partial charge on any atom is -1.00 e. The first-order valence-electron chi connectivity index (χ1n) is 15.7. The van der Waals surface area contributed by atoms with Crippen LogP contribution in [0.1, 0.15) is 110 Å². The Morgan fingerprint density at radius 1 is 0.581 bits per heavy atom. The van der Waals surface area contributed by atoms with Crippen molar-refractivity contribution in [2.24, 2.45) is 0 Å². The van der Waals surface area contributed by atoms with Gasteiger partial charge in [-0.1, -0.05) is 78.6 Å². The summed E-state index contributed by atoms with van der Waals surface area (Å²) >= 11 is 0. The van der Waals surface area contributed by atoms with Gasteiger partial charge in [0.25, 0.3) is 0 Å². The van der Waals surface area contributed by atoms with E-state index in [2.05, 4.69) is 20.8 Å². The second-order valence-corrected chi connectivity index (χ2v) is 11.6. The average molecular weight is 613 g/mol. The molecule has 0 aliphatic rings. The number of rotatable bonds is 24. The molecule has 2 rings (SSSR count). The molecule has 43 heavy (non-hydrogen) atoms. The normalized spacial score (nSPS) is 10.8. The number of benzene rings is 2. The molecular formula is C34H54LiO7P. The fourth-order valence-corrected chi connectivity index (χ4v) is 5.68. The van der Waals surface area contributed by atoms with E-state index in [4.69, 9.17) is 28.4 Å². The maximum Gasteiger partial charge on any atom is 1.00 e. The van der Waals surface area contributed by atoms with E-state index >= 15 is 0 Å². The first-order valence-corrected chi connectivity index (χ1v) is 16.7. The van der Waals surface area contributed by atoms with Crippen molar-refractivity contribution >= 4 is 19.4 Å². The third-order valence-corrected chi connectivity index (χ3v) is 8.22. The van der Waals surface area contributed by atoms with Crippen molar-refractivity contribution in [3.63, 3.8) is 0 Å². The summed E-state index contributed by atoms with van der Waals surface area (Å²) in [7, 11) is 4.37. The van der Waals surface area contributed by atoms with Crippen LogP contribution in [0.5, 0.6) is 34.5 Å². The molecule has 0 spiro atoms. The van der Waals surface area contributed by atoms with Gasteiger partial charge in [0.1, 0.15) is 40.1 Å². The van der Waals surface area contributed by atoms with E-state index < -0.39 is 0 Å². The average Bonchev–Trinajstić information content (AvgIpc) is 3.01. The van der Waals surface area contributed by atoms with Crippen LogP contribution < -0.4 is 52.6 Å². The van der Waals surface area contributed by atoms with E-state index in [9.17, 15) is 4.79 Å². The Morgan fingerprint density at radius 3 is 1.40 bits per heavy atom. The smallest absolute Gasteiger partial charge is 1.00 e. The Morgan fingerprint density at radius 2 is 1.00 bits per heavy atom. The molecule has 1 unspecified atom stereocenters. The van der Waals surface area contributed by atoms with E-state index in [-0.39, 0.29) is 34.4 Å². The molecule has 2 aromatic rings. The monoisotopic (exact) mass is 612 g/mol. The quantitative estimate of drug-likeness (QED) is 0.0837. The largest absolute Gasteiger partial charge is 1.00 e. The van der Waals surface area contributed by atoms with Gasteiger partial charge in [0, 0.05) is 24.3 Å². The second kappa shape index (κ2) is 23.3. The molecule has 0 bridgehead atoms. The van der Waals surface area contributed by atoms with Crippen LogP contribution in [0.25, 0.3) is 0 Å². The molecule has 0 saturated carbocycles. The maximum absolute atomic E-state index is 13.9. The minimum absolute atomic E-state index is 0. The zero-order valence-electron chi connectivity index (χ0n) is 28.8. The van der Waals surface area contributed by atoms with Gasteiger partial charge in [0.15, 0.2) is 5.52 Å². The van der Waals surface area contributed by atoms with Crippen molar-refractivity contribution in [2.45, 2.75) is 97.8 Å². The zero-order chi connectivity index (χ0) is 30.6. The van der Waals surface area contributed by atoms with Crippen LogP contribution in [0.3, 0.4) is 0 Å². The summed E-state index contributed by atoms with van der Waals surface area (Å²) in [5, 5.41) is 0.740. The van der Waals surface area contributed by atoms with Crippen LogP contribution >= 0.6 is 8.58 Å². The Kier molecular flexibility index (Phi) is 21.1. The predicted molar refractivity (Wildman–Crippen MR) is 175 cm³/mol. The summed E-state index contributed by atoms with van der Waals surface area (Å²) in [5.74, 6) is 3.34. The zero-order valence-corrected chi connectivity index (χ0v) is 28.8. The van der Waals surface area contributed by atoms with Gasteiger partial charge in [-0.15, -0.1) is 0 Å². The van der Waals surface area contributed by atoms with Crippen LogP contribution in [-0.2, 0) is 0 Å². The van der Waals surface area contributed by atoms with Crippen molar-refractivity contribution in [1.82, 2.24) is 0 Å². The molecule has 9 heteroatoms. The predicted octanol–water partition coefficient (Wildman–Crippen LogP) is 5.85. The van der Waals surface area contributed by atoms with Crippen LogP contribution in [0.4, 0.5) is 0 Å². The van der Waals surface area contributed by atoms with Gasteiger partial charge in [-0.25, -0.2) is 0 Å². The van der Waals surface area contributed by atoms with Gasteiger partial charge in [-0.3, -0.25) is 4.79 Å². The molecule has 0 aliphatic carbocycles. The first-order chi connectivity index (χ1) is 20.5. The van der Waals surface area contributed by atoms with Crippen molar-refractivity contribution in [2.75, 3.05) is 41.2 Å². The molecule has 0 amide bonds. The summed E-state index contributed by atoms with van der Waals surface area (Å²) in [6, 6.07) is 7.24. The number of unbranched alkanes of at least 4 members (excludes halogenated alkanes) is 9. The number of ether oxygens (including phenoxy) is 6. The maximum atomic E-state index is 13.9. The fourth-order valence-electron chi connectivity index (χ4n) is 4.55. The Bertz CT molecular complexity index is 1010. The Hall–Kier alpha value is -2.06. The Balaban J connectivity index is 0.00000924. The topological polar surface area (TPSA) is 72.5 Å². The van der Waals surface area contributed by atoms with Crippen molar-refractivity contribution < 1.29 is 53.5 Å². The van der Waals surface area contributed by atoms with E-state index in [1.54, 1.807) is 19.2 Å². The van der Waals surface area contributed by atoms with Gasteiger partial charge >= 0.3 is 18.9 Å².